The van der Waals surface area contributed by atoms with Crippen LogP contribution in [0.25, 0.3) is 0 Å². The minimum atomic E-state index is -0.414. The van der Waals surface area contributed by atoms with Crippen LogP contribution in [0, 0.1) is 11.3 Å². The van der Waals surface area contributed by atoms with Crippen LogP contribution in [0.4, 0.5) is 4.79 Å². The molecule has 1 spiro atoms. The highest BCUT2D eigenvalue weighted by atomic mass is 16.6. The number of ether oxygens (including phenoxy) is 1. The topological polar surface area (TPSA) is 50.4 Å². The van der Waals surface area contributed by atoms with E-state index < -0.39 is 5.60 Å². The lowest BCUT2D eigenvalue weighted by Gasteiger charge is -2.30. The molecule has 1 heterocycles. The monoisotopic (exact) mass is 254 g/mol. The zero-order chi connectivity index (χ0) is 13.2. The molecule has 2 fully saturated rings. The summed E-state index contributed by atoms with van der Waals surface area (Å²) >= 11 is 0. The summed E-state index contributed by atoms with van der Waals surface area (Å²) in [4.78, 5) is 11.7. The van der Waals surface area contributed by atoms with Crippen molar-refractivity contribution in [2.24, 2.45) is 11.3 Å². The molecular formula is C14H26N2O2. The van der Waals surface area contributed by atoms with E-state index in [0.29, 0.717) is 11.3 Å². The molecule has 1 aliphatic carbocycles. The Bertz CT molecular complexity index is 298. The predicted molar refractivity (Wildman–Crippen MR) is 71.5 cm³/mol. The maximum atomic E-state index is 11.7. The van der Waals surface area contributed by atoms with E-state index in [1.54, 1.807) is 0 Å². The lowest BCUT2D eigenvalue weighted by molar-refractivity contribution is 0.0507. The molecule has 18 heavy (non-hydrogen) atoms. The summed E-state index contributed by atoms with van der Waals surface area (Å²) < 4.78 is 5.28. The van der Waals surface area contributed by atoms with Gasteiger partial charge in [-0.25, -0.2) is 4.79 Å². The lowest BCUT2D eigenvalue weighted by Crippen LogP contribution is -2.39. The van der Waals surface area contributed by atoms with Crippen molar-refractivity contribution in [3.05, 3.63) is 0 Å². The molecule has 0 bridgehead atoms. The second-order valence-corrected chi connectivity index (χ2v) is 6.78. The van der Waals surface area contributed by atoms with Gasteiger partial charge in [-0.3, -0.25) is 0 Å². The van der Waals surface area contributed by atoms with Crippen molar-refractivity contribution in [2.45, 2.75) is 52.1 Å². The minimum Gasteiger partial charge on any atom is -0.444 e. The van der Waals surface area contributed by atoms with Crippen molar-refractivity contribution in [2.75, 3.05) is 19.6 Å². The summed E-state index contributed by atoms with van der Waals surface area (Å²) in [6, 6.07) is 0. The Balaban J connectivity index is 1.81. The maximum absolute atomic E-state index is 11.7. The molecule has 1 unspecified atom stereocenters. The second kappa shape index (κ2) is 5.08. The van der Waals surface area contributed by atoms with Gasteiger partial charge in [-0.05, 0) is 44.9 Å². The van der Waals surface area contributed by atoms with E-state index in [2.05, 4.69) is 10.6 Å². The molecule has 0 radical (unpaired) electrons. The first-order valence-corrected chi connectivity index (χ1v) is 7.09. The summed E-state index contributed by atoms with van der Waals surface area (Å²) in [6.07, 6.45) is 5.00. The number of hydrogen-bond acceptors (Lipinski definition) is 3. The number of alkyl carbamates (subject to hydrolysis) is 1. The standard InChI is InChI=1S/C14H26N2O2/c1-13(2,3)18-12(17)16-9-11-8-15-10-14(11)6-4-5-7-14/h11,15H,4-10H2,1-3H3,(H,16,17). The Labute approximate surface area is 110 Å². The van der Waals surface area contributed by atoms with Gasteiger partial charge in [0.05, 0.1) is 0 Å². The van der Waals surface area contributed by atoms with Crippen LogP contribution in [0.1, 0.15) is 46.5 Å². The van der Waals surface area contributed by atoms with Crippen LogP contribution in [0.3, 0.4) is 0 Å². The molecule has 1 atom stereocenters. The zero-order valence-corrected chi connectivity index (χ0v) is 11.8. The molecule has 1 saturated carbocycles. The van der Waals surface area contributed by atoms with Gasteiger partial charge in [-0.1, -0.05) is 12.8 Å². The van der Waals surface area contributed by atoms with Crippen molar-refractivity contribution in [3.8, 4) is 0 Å². The first-order valence-electron chi connectivity index (χ1n) is 7.09. The number of nitrogens with one attached hydrogen (secondary N) is 2. The van der Waals surface area contributed by atoms with Crippen molar-refractivity contribution in [1.29, 1.82) is 0 Å². The fraction of sp³-hybridized carbons (Fsp3) is 0.929. The molecule has 1 aliphatic heterocycles. The molecule has 0 aromatic carbocycles. The quantitative estimate of drug-likeness (QED) is 0.795. The van der Waals surface area contributed by atoms with E-state index in [9.17, 15) is 4.79 Å². The van der Waals surface area contributed by atoms with Crippen molar-refractivity contribution < 1.29 is 9.53 Å². The first kappa shape index (κ1) is 13.7. The average molecular weight is 254 g/mol. The fourth-order valence-electron chi connectivity index (χ4n) is 3.33. The van der Waals surface area contributed by atoms with Gasteiger partial charge in [-0.15, -0.1) is 0 Å². The summed E-state index contributed by atoms with van der Waals surface area (Å²) in [5, 5.41) is 6.42. The Morgan fingerprint density at radius 2 is 2.06 bits per heavy atom. The second-order valence-electron chi connectivity index (χ2n) is 6.78. The van der Waals surface area contributed by atoms with E-state index >= 15 is 0 Å². The highest BCUT2D eigenvalue weighted by Gasteiger charge is 2.44. The molecule has 1 amide bonds. The van der Waals surface area contributed by atoms with E-state index in [-0.39, 0.29) is 6.09 Å². The van der Waals surface area contributed by atoms with E-state index in [1.807, 2.05) is 20.8 Å². The Morgan fingerprint density at radius 1 is 1.39 bits per heavy atom. The van der Waals surface area contributed by atoms with Gasteiger partial charge in [0, 0.05) is 19.6 Å². The van der Waals surface area contributed by atoms with Crippen molar-refractivity contribution in [1.82, 2.24) is 10.6 Å². The highest BCUT2D eigenvalue weighted by Crippen LogP contribution is 2.46. The molecule has 0 aromatic rings. The molecule has 104 valence electrons. The van der Waals surface area contributed by atoms with Gasteiger partial charge in [0.2, 0.25) is 0 Å². The smallest absolute Gasteiger partial charge is 0.407 e. The molecular weight excluding hydrogens is 228 g/mol. The SMILES string of the molecule is CC(C)(C)OC(=O)NCC1CNCC12CCCC2. The number of hydrogen-bond donors (Lipinski definition) is 2. The van der Waals surface area contributed by atoms with Crippen molar-refractivity contribution in [3.63, 3.8) is 0 Å². The van der Waals surface area contributed by atoms with Gasteiger partial charge in [0.25, 0.3) is 0 Å². The molecule has 4 nitrogen and oxygen atoms in total. The minimum absolute atomic E-state index is 0.289. The summed E-state index contributed by atoms with van der Waals surface area (Å²) in [5.41, 5.74) is 0.0259. The van der Waals surface area contributed by atoms with Gasteiger partial charge in [0.1, 0.15) is 5.60 Å². The third kappa shape index (κ3) is 3.16. The van der Waals surface area contributed by atoms with Gasteiger partial charge in [0.15, 0.2) is 0 Å². The fourth-order valence-corrected chi connectivity index (χ4v) is 3.33. The molecule has 2 aliphatic rings. The molecule has 0 aromatic heterocycles. The van der Waals surface area contributed by atoms with Gasteiger partial charge in [-0.2, -0.15) is 0 Å². The number of amides is 1. The van der Waals surface area contributed by atoms with Crippen LogP contribution in [-0.2, 0) is 4.74 Å². The summed E-state index contributed by atoms with van der Waals surface area (Å²) in [7, 11) is 0. The Kier molecular flexibility index (Phi) is 3.85. The van der Waals surface area contributed by atoms with Crippen molar-refractivity contribution >= 4 is 6.09 Å². The largest absolute Gasteiger partial charge is 0.444 e. The van der Waals surface area contributed by atoms with Crippen LogP contribution in [0.2, 0.25) is 0 Å². The zero-order valence-electron chi connectivity index (χ0n) is 11.8. The number of carbonyl (C=O) groups excluding carboxylic acids is 1. The van der Waals surface area contributed by atoms with Crippen LogP contribution >= 0.6 is 0 Å². The van der Waals surface area contributed by atoms with Crippen LogP contribution in [0.5, 0.6) is 0 Å². The lowest BCUT2D eigenvalue weighted by atomic mass is 9.76. The first-order chi connectivity index (χ1) is 8.41. The normalized spacial score (nSPS) is 26.5. The Morgan fingerprint density at radius 3 is 2.67 bits per heavy atom. The highest BCUT2D eigenvalue weighted by molar-refractivity contribution is 5.67. The van der Waals surface area contributed by atoms with E-state index in [1.165, 1.54) is 25.7 Å². The third-order valence-electron chi connectivity index (χ3n) is 4.22. The van der Waals surface area contributed by atoms with E-state index in [4.69, 9.17) is 4.74 Å². The molecule has 4 heteroatoms. The average Bonchev–Trinajstić information content (AvgIpc) is 2.85. The number of carbonyl (C=O) groups is 1. The summed E-state index contributed by atoms with van der Waals surface area (Å²) in [6.45, 7) is 8.55. The predicted octanol–water partition coefficient (Wildman–Crippen LogP) is 2.29. The maximum Gasteiger partial charge on any atom is 0.407 e. The Hall–Kier alpha value is -0.770. The van der Waals surface area contributed by atoms with Gasteiger partial charge < -0.3 is 15.4 Å². The van der Waals surface area contributed by atoms with E-state index in [0.717, 1.165) is 19.6 Å². The van der Waals surface area contributed by atoms with Crippen LogP contribution in [-0.4, -0.2) is 31.3 Å². The van der Waals surface area contributed by atoms with Crippen LogP contribution < -0.4 is 10.6 Å². The third-order valence-corrected chi connectivity index (χ3v) is 4.22. The van der Waals surface area contributed by atoms with Gasteiger partial charge >= 0.3 is 6.09 Å². The van der Waals surface area contributed by atoms with Crippen LogP contribution in [0.15, 0.2) is 0 Å². The molecule has 1 saturated heterocycles. The molecule has 2 rings (SSSR count). The molecule has 2 N–H and O–H groups in total. The summed E-state index contributed by atoms with van der Waals surface area (Å²) in [5.74, 6) is 0.563. The number of rotatable bonds is 2.